The number of unbranched alkanes of at least 4 members (excludes halogenated alkanes) is 1. The molecule has 0 saturated heterocycles. The van der Waals surface area contributed by atoms with Gasteiger partial charge in [-0.25, -0.2) is 4.52 Å². The molecule has 1 amide bonds. The van der Waals surface area contributed by atoms with Crippen LogP contribution in [-0.4, -0.2) is 12.5 Å². The Morgan fingerprint density at radius 1 is 1.41 bits per heavy atom. The van der Waals surface area contributed by atoms with Crippen molar-refractivity contribution < 1.29 is 13.9 Å². The first-order chi connectivity index (χ1) is 8.13. The minimum absolute atomic E-state index is 0.123. The van der Waals surface area contributed by atoms with Gasteiger partial charge >= 0.3 is 8.18 Å². The zero-order valence-corrected chi connectivity index (χ0v) is 10.6. The summed E-state index contributed by atoms with van der Waals surface area (Å²) in [5.41, 5.74) is 5.55. The van der Waals surface area contributed by atoms with Gasteiger partial charge in [-0.3, -0.25) is 4.79 Å². The van der Waals surface area contributed by atoms with Crippen molar-refractivity contribution in [1.29, 1.82) is 0 Å². The molecule has 1 rings (SSSR count). The van der Waals surface area contributed by atoms with Gasteiger partial charge in [0.1, 0.15) is 0 Å². The van der Waals surface area contributed by atoms with E-state index < -0.39 is 8.18 Å². The van der Waals surface area contributed by atoms with E-state index >= 15 is 0 Å². The van der Waals surface area contributed by atoms with Gasteiger partial charge in [-0.2, -0.15) is 0 Å². The maximum Gasteiger partial charge on any atom is 0.660 e. The SMILES string of the molecule is CCCCNC(=O)c1ccc(O[P+](N)=O)cc1. The van der Waals surface area contributed by atoms with Crippen molar-refractivity contribution >= 4 is 14.1 Å². The van der Waals surface area contributed by atoms with Crippen molar-refractivity contribution in [3.63, 3.8) is 0 Å². The summed E-state index contributed by atoms with van der Waals surface area (Å²) in [7, 11) is -2.16. The van der Waals surface area contributed by atoms with E-state index in [4.69, 9.17) is 10.0 Å². The van der Waals surface area contributed by atoms with E-state index in [1.807, 2.05) is 0 Å². The maximum absolute atomic E-state index is 11.6. The summed E-state index contributed by atoms with van der Waals surface area (Å²) in [4.78, 5) is 11.6. The van der Waals surface area contributed by atoms with Crippen LogP contribution in [0.2, 0.25) is 0 Å². The summed E-state index contributed by atoms with van der Waals surface area (Å²) >= 11 is 0. The van der Waals surface area contributed by atoms with Crippen LogP contribution in [0.15, 0.2) is 24.3 Å². The minimum atomic E-state index is -2.16. The van der Waals surface area contributed by atoms with E-state index in [1.165, 1.54) is 0 Å². The summed E-state index contributed by atoms with van der Waals surface area (Å²) in [5, 5.41) is 2.80. The Bertz CT molecular complexity index is 392. The summed E-state index contributed by atoms with van der Waals surface area (Å²) < 4.78 is 15.4. The third-order valence-corrected chi connectivity index (χ3v) is 2.52. The van der Waals surface area contributed by atoms with Gasteiger partial charge in [0.05, 0.1) is 0 Å². The molecule has 5 nitrogen and oxygen atoms in total. The van der Waals surface area contributed by atoms with Gasteiger partial charge in [0.15, 0.2) is 5.75 Å². The lowest BCUT2D eigenvalue weighted by molar-refractivity contribution is 0.0953. The smallest absolute Gasteiger partial charge is 0.352 e. The van der Waals surface area contributed by atoms with E-state index in [9.17, 15) is 9.36 Å². The van der Waals surface area contributed by atoms with Gasteiger partial charge in [-0.05, 0) is 30.7 Å². The second kappa shape index (κ2) is 6.99. The van der Waals surface area contributed by atoms with E-state index in [-0.39, 0.29) is 5.91 Å². The van der Waals surface area contributed by atoms with Gasteiger partial charge in [-0.15, -0.1) is 0 Å². The van der Waals surface area contributed by atoms with Gasteiger partial charge in [0, 0.05) is 16.7 Å². The highest BCUT2D eigenvalue weighted by atomic mass is 31.1. The van der Waals surface area contributed by atoms with Crippen molar-refractivity contribution in [3.05, 3.63) is 29.8 Å². The number of hydrogen-bond acceptors (Lipinski definition) is 3. The van der Waals surface area contributed by atoms with Crippen LogP contribution in [0.1, 0.15) is 30.1 Å². The molecule has 0 aliphatic rings. The van der Waals surface area contributed by atoms with Gasteiger partial charge in [0.2, 0.25) is 0 Å². The van der Waals surface area contributed by atoms with Gasteiger partial charge in [0.25, 0.3) is 5.91 Å². The van der Waals surface area contributed by atoms with Crippen LogP contribution < -0.4 is 15.3 Å². The van der Waals surface area contributed by atoms with Crippen LogP contribution in [0, 0.1) is 0 Å². The zero-order chi connectivity index (χ0) is 12.7. The highest BCUT2D eigenvalue weighted by Crippen LogP contribution is 2.20. The molecule has 0 aliphatic carbocycles. The molecule has 1 atom stereocenters. The van der Waals surface area contributed by atoms with Crippen LogP contribution in [0.4, 0.5) is 0 Å². The molecular formula is C11H16N2O3P+. The number of carbonyl (C=O) groups excluding carboxylic acids is 1. The molecule has 0 radical (unpaired) electrons. The minimum Gasteiger partial charge on any atom is -0.352 e. The monoisotopic (exact) mass is 255 g/mol. The molecule has 0 saturated carbocycles. The van der Waals surface area contributed by atoms with Crippen LogP contribution in [0.5, 0.6) is 5.75 Å². The largest absolute Gasteiger partial charge is 0.660 e. The van der Waals surface area contributed by atoms with Crippen molar-refractivity contribution in [3.8, 4) is 5.75 Å². The predicted molar refractivity (Wildman–Crippen MR) is 66.1 cm³/mol. The lowest BCUT2D eigenvalue weighted by Crippen LogP contribution is -2.24. The Hall–Kier alpha value is -1.45. The quantitative estimate of drug-likeness (QED) is 0.603. The number of benzene rings is 1. The molecule has 1 unspecified atom stereocenters. The highest BCUT2D eigenvalue weighted by molar-refractivity contribution is 7.36. The lowest BCUT2D eigenvalue weighted by Gasteiger charge is -2.03. The maximum atomic E-state index is 11.6. The highest BCUT2D eigenvalue weighted by Gasteiger charge is 2.11. The molecule has 1 aromatic carbocycles. The topological polar surface area (TPSA) is 81.4 Å². The molecule has 92 valence electrons. The molecule has 6 heteroatoms. The predicted octanol–water partition coefficient (Wildman–Crippen LogP) is 2.21. The normalized spacial score (nSPS) is 10.8. The van der Waals surface area contributed by atoms with E-state index in [0.717, 1.165) is 12.8 Å². The Labute approximate surface area is 101 Å². The number of carbonyl (C=O) groups is 1. The third kappa shape index (κ3) is 4.93. The summed E-state index contributed by atoms with van der Waals surface area (Å²) in [6.45, 7) is 2.73. The van der Waals surface area contributed by atoms with Crippen molar-refractivity contribution in [2.24, 2.45) is 5.50 Å². The molecule has 0 heterocycles. The Balaban J connectivity index is 2.54. The average Bonchev–Trinajstić information content (AvgIpc) is 2.29. The van der Waals surface area contributed by atoms with Crippen LogP contribution in [-0.2, 0) is 4.57 Å². The summed E-state index contributed by atoms with van der Waals surface area (Å²) in [5.74, 6) is 0.265. The molecule has 0 aromatic heterocycles. The first kappa shape index (κ1) is 13.6. The first-order valence-corrected chi connectivity index (χ1v) is 6.66. The molecule has 1 aromatic rings. The van der Waals surface area contributed by atoms with Crippen LogP contribution in [0.3, 0.4) is 0 Å². The van der Waals surface area contributed by atoms with Crippen LogP contribution in [0.25, 0.3) is 0 Å². The fourth-order valence-electron chi connectivity index (χ4n) is 1.25. The van der Waals surface area contributed by atoms with Gasteiger partial charge in [-0.1, -0.05) is 18.8 Å². The molecule has 3 N–H and O–H groups in total. The van der Waals surface area contributed by atoms with Crippen LogP contribution >= 0.6 is 8.18 Å². The molecular weight excluding hydrogens is 239 g/mol. The molecule has 17 heavy (non-hydrogen) atoms. The number of nitrogens with one attached hydrogen (secondary N) is 1. The summed E-state index contributed by atoms with van der Waals surface area (Å²) in [6, 6.07) is 6.34. The molecule has 0 bridgehead atoms. The molecule has 0 spiro atoms. The second-order valence-corrected chi connectivity index (χ2v) is 4.26. The fourth-order valence-corrected chi connectivity index (χ4v) is 1.58. The van der Waals surface area contributed by atoms with Crippen molar-refractivity contribution in [2.75, 3.05) is 6.54 Å². The number of rotatable bonds is 6. The Morgan fingerprint density at radius 2 is 2.06 bits per heavy atom. The Morgan fingerprint density at radius 3 is 2.59 bits per heavy atom. The Kier molecular flexibility index (Phi) is 5.60. The first-order valence-electron chi connectivity index (χ1n) is 5.41. The van der Waals surface area contributed by atoms with E-state index in [2.05, 4.69) is 12.2 Å². The molecule has 0 fully saturated rings. The van der Waals surface area contributed by atoms with Crippen molar-refractivity contribution in [1.82, 2.24) is 5.32 Å². The van der Waals surface area contributed by atoms with E-state index in [1.54, 1.807) is 24.3 Å². The number of nitrogens with two attached hydrogens (primary N) is 1. The van der Waals surface area contributed by atoms with E-state index in [0.29, 0.717) is 17.9 Å². The lowest BCUT2D eigenvalue weighted by atomic mass is 10.2. The third-order valence-electron chi connectivity index (χ3n) is 2.13. The standard InChI is InChI=1S/C11H15N2O3P/c1-2-3-8-13-11(14)9-4-6-10(7-5-9)16-17(12)15/h4-7H,2-3,8H2,1H3,(H2-,12,13,14,15)/p+1. The summed E-state index contributed by atoms with van der Waals surface area (Å²) in [6.07, 6.45) is 2.00. The number of amides is 1. The molecule has 0 aliphatic heterocycles. The average molecular weight is 255 g/mol. The fraction of sp³-hybridized carbons (Fsp3) is 0.364. The van der Waals surface area contributed by atoms with Crippen molar-refractivity contribution in [2.45, 2.75) is 19.8 Å². The number of hydrogen-bond donors (Lipinski definition) is 2. The van der Waals surface area contributed by atoms with Gasteiger partial charge < -0.3 is 5.32 Å². The zero-order valence-electron chi connectivity index (χ0n) is 9.68. The second-order valence-electron chi connectivity index (χ2n) is 3.51.